The predicted octanol–water partition coefficient (Wildman–Crippen LogP) is 16.7. The van der Waals surface area contributed by atoms with Crippen LogP contribution in [-0.4, -0.2) is 20.3 Å². The second-order valence-corrected chi connectivity index (χ2v) is 34.2. The van der Waals surface area contributed by atoms with Crippen molar-refractivity contribution in [3.8, 4) is 0 Å². The minimum atomic E-state index is -1.57. The highest BCUT2D eigenvalue weighted by molar-refractivity contribution is 7.26. The van der Waals surface area contributed by atoms with E-state index in [4.69, 9.17) is 0 Å². The summed E-state index contributed by atoms with van der Waals surface area (Å²) in [7, 11) is -1.57. The third-order valence-electron chi connectivity index (χ3n) is 20.1. The summed E-state index contributed by atoms with van der Waals surface area (Å²) in [5.74, 6) is 0. The fourth-order valence-corrected chi connectivity index (χ4v) is 19.2. The molecule has 6 aliphatic rings. The molecule has 7 aromatic carbocycles. The van der Waals surface area contributed by atoms with Gasteiger partial charge in [0.15, 0.2) is 0 Å². The normalized spacial score (nSPS) is 23.1. The van der Waals surface area contributed by atoms with Crippen molar-refractivity contribution in [2.45, 2.75) is 167 Å². The standard InChI is InChI=1S/C68H74BN3SSi/c1-41-32-57-62-58(33-41)71(54-21-19-23-60-61(54)45-20-15-16-22-59(45)73-60)55-35-43(72-53-29-26-44(74(12,13)14)36-50(53)67(10)30-17-18-31-68(67,72)11)25-28-51(55)69(62)52-37-48-49(66(8,9)40-65(48,6)7)38-56(52)70(57)42-24-27-46-47(34-42)64(4,5)39-63(46,2)3/h15-16,19-29,32-38H,17-18,30-31,39-40H2,1-14H3. The Labute approximate surface area is 447 Å². The van der Waals surface area contributed by atoms with E-state index >= 15 is 0 Å². The summed E-state index contributed by atoms with van der Waals surface area (Å²) in [5.41, 5.74) is 23.8. The molecule has 374 valence electrons. The van der Waals surface area contributed by atoms with E-state index in [2.05, 4.69) is 232 Å². The van der Waals surface area contributed by atoms with Crippen LogP contribution < -0.4 is 36.3 Å². The molecule has 0 amide bonds. The van der Waals surface area contributed by atoms with Gasteiger partial charge < -0.3 is 14.7 Å². The molecule has 1 fully saturated rings. The van der Waals surface area contributed by atoms with Gasteiger partial charge in [-0.1, -0.05) is 155 Å². The van der Waals surface area contributed by atoms with Crippen LogP contribution in [0, 0.1) is 6.92 Å². The van der Waals surface area contributed by atoms with E-state index in [1.807, 2.05) is 11.3 Å². The monoisotopic (exact) mass is 1000 g/mol. The molecule has 3 nitrogen and oxygen atoms in total. The maximum absolute atomic E-state index is 2.83. The van der Waals surface area contributed by atoms with Crippen molar-refractivity contribution in [2.24, 2.45) is 0 Å². The third kappa shape index (κ3) is 6.19. The van der Waals surface area contributed by atoms with Crippen molar-refractivity contribution in [1.82, 2.24) is 0 Å². The first kappa shape index (κ1) is 46.9. The zero-order valence-electron chi connectivity index (χ0n) is 46.6. The van der Waals surface area contributed by atoms with Crippen molar-refractivity contribution in [1.29, 1.82) is 0 Å². The van der Waals surface area contributed by atoms with Crippen LogP contribution in [0.5, 0.6) is 0 Å². The Kier molecular flexibility index (Phi) is 9.44. The van der Waals surface area contributed by atoms with Crippen LogP contribution in [0.25, 0.3) is 20.2 Å². The van der Waals surface area contributed by atoms with Gasteiger partial charge in [-0.25, -0.2) is 0 Å². The molecule has 0 radical (unpaired) electrons. The molecule has 14 rings (SSSR count). The number of hydrogen-bond donors (Lipinski definition) is 0. The highest BCUT2D eigenvalue weighted by Crippen LogP contribution is 2.62. The minimum Gasteiger partial charge on any atom is -0.334 e. The average molecular weight is 1000 g/mol. The second-order valence-electron chi connectivity index (χ2n) is 28.0. The van der Waals surface area contributed by atoms with Crippen LogP contribution in [0.1, 0.15) is 141 Å². The summed E-state index contributed by atoms with van der Waals surface area (Å²) in [4.78, 5) is 8.27. The largest absolute Gasteiger partial charge is 0.334 e. The molecule has 2 atom stereocenters. The Morgan fingerprint density at radius 2 is 1.12 bits per heavy atom. The predicted molar refractivity (Wildman–Crippen MR) is 325 cm³/mol. The maximum atomic E-state index is 2.83. The Bertz CT molecular complexity index is 3770. The van der Waals surface area contributed by atoms with Crippen LogP contribution in [0.2, 0.25) is 19.6 Å². The molecule has 1 saturated carbocycles. The lowest BCUT2D eigenvalue weighted by atomic mass is 9.33. The lowest BCUT2D eigenvalue weighted by Crippen LogP contribution is -2.61. The summed E-state index contributed by atoms with van der Waals surface area (Å²) in [6, 6.07) is 49.6. The van der Waals surface area contributed by atoms with Crippen LogP contribution in [0.3, 0.4) is 0 Å². The average Bonchev–Trinajstić information content (AvgIpc) is 3.94. The van der Waals surface area contributed by atoms with Gasteiger partial charge >= 0.3 is 0 Å². The zero-order valence-corrected chi connectivity index (χ0v) is 48.4. The van der Waals surface area contributed by atoms with Gasteiger partial charge in [-0.2, -0.15) is 0 Å². The van der Waals surface area contributed by atoms with E-state index in [9.17, 15) is 0 Å². The molecule has 6 heteroatoms. The van der Waals surface area contributed by atoms with Crippen molar-refractivity contribution in [3.63, 3.8) is 0 Å². The molecular formula is C68H74BN3SSi. The molecule has 0 saturated heterocycles. The molecule has 3 aliphatic heterocycles. The summed E-state index contributed by atoms with van der Waals surface area (Å²) >= 11 is 1.92. The molecule has 1 aromatic heterocycles. The van der Waals surface area contributed by atoms with Gasteiger partial charge in [0.25, 0.3) is 6.71 Å². The first-order chi connectivity index (χ1) is 34.9. The summed E-state index contributed by atoms with van der Waals surface area (Å²) in [6.07, 6.45) is 7.20. The lowest BCUT2D eigenvalue weighted by Gasteiger charge is -2.50. The van der Waals surface area contributed by atoms with Gasteiger partial charge in [-0.3, -0.25) is 0 Å². The van der Waals surface area contributed by atoms with Gasteiger partial charge in [-0.15, -0.1) is 11.3 Å². The van der Waals surface area contributed by atoms with Crippen LogP contribution in [0.4, 0.5) is 45.5 Å². The van der Waals surface area contributed by atoms with E-state index in [0.717, 1.165) is 12.8 Å². The molecule has 0 bridgehead atoms. The molecule has 0 N–H and O–H groups in total. The Morgan fingerprint density at radius 1 is 0.486 bits per heavy atom. The molecule has 74 heavy (non-hydrogen) atoms. The Hall–Kier alpha value is -5.56. The quantitative estimate of drug-likeness (QED) is 0.163. The topological polar surface area (TPSA) is 9.72 Å². The molecule has 2 unspecified atom stereocenters. The van der Waals surface area contributed by atoms with E-state index in [1.165, 1.54) is 136 Å². The molecule has 3 aliphatic carbocycles. The van der Waals surface area contributed by atoms with Gasteiger partial charge in [0.05, 0.1) is 19.3 Å². The number of hydrogen-bond acceptors (Lipinski definition) is 4. The molecule has 8 aromatic rings. The SMILES string of the molecule is Cc1cc2c3c(c1)N(c1cccc4sc5ccccc5c14)c1cc(N4c5ccc([Si](C)(C)C)cc5C5(C)CCCCC45C)ccc1B3c1cc3c(cc1N2c1ccc2c(c1)C(C)(C)CC2(C)C)C(C)(C)CC3(C)C. The van der Waals surface area contributed by atoms with E-state index in [1.54, 1.807) is 10.8 Å². The fourth-order valence-electron chi connectivity index (χ4n) is 16.9. The highest BCUT2D eigenvalue weighted by Gasteiger charge is 2.58. The van der Waals surface area contributed by atoms with Gasteiger partial charge in [0.2, 0.25) is 0 Å². The van der Waals surface area contributed by atoms with Crippen molar-refractivity contribution in [3.05, 3.63) is 155 Å². The van der Waals surface area contributed by atoms with Crippen molar-refractivity contribution >= 4 is 113 Å². The van der Waals surface area contributed by atoms with Gasteiger partial charge in [-0.05, 0) is 178 Å². The minimum absolute atomic E-state index is 0.0286. The first-order valence-corrected chi connectivity index (χ1v) is 32.3. The van der Waals surface area contributed by atoms with E-state index < -0.39 is 8.07 Å². The van der Waals surface area contributed by atoms with E-state index in [-0.39, 0.29) is 39.3 Å². The maximum Gasteiger partial charge on any atom is 0.252 e. The number of fused-ring (bicyclic) bond motifs is 12. The lowest BCUT2D eigenvalue weighted by molar-refractivity contribution is 0.195. The highest BCUT2D eigenvalue weighted by atomic mass is 32.1. The molecular weight excluding hydrogens is 930 g/mol. The number of anilines is 8. The number of rotatable bonds is 4. The number of nitrogens with zero attached hydrogens (tertiary/aromatic N) is 3. The van der Waals surface area contributed by atoms with Gasteiger partial charge in [0.1, 0.15) is 0 Å². The third-order valence-corrected chi connectivity index (χ3v) is 23.3. The molecule has 0 spiro atoms. The van der Waals surface area contributed by atoms with E-state index in [0.29, 0.717) is 0 Å². The summed E-state index contributed by atoms with van der Waals surface area (Å²) in [6.45, 7) is 34.9. The van der Waals surface area contributed by atoms with Gasteiger partial charge in [0, 0.05) is 65.4 Å². The first-order valence-electron chi connectivity index (χ1n) is 28.0. The second kappa shape index (κ2) is 14.9. The Balaban J connectivity index is 1.08. The Morgan fingerprint density at radius 3 is 1.86 bits per heavy atom. The summed E-state index contributed by atoms with van der Waals surface area (Å²) in [5, 5.41) is 4.24. The van der Waals surface area contributed by atoms with Crippen molar-refractivity contribution in [2.75, 3.05) is 14.7 Å². The van der Waals surface area contributed by atoms with Crippen LogP contribution >= 0.6 is 11.3 Å². The van der Waals surface area contributed by atoms with Crippen LogP contribution in [0.15, 0.2) is 121 Å². The number of aryl methyl sites for hydroxylation is 1. The van der Waals surface area contributed by atoms with Crippen molar-refractivity contribution < 1.29 is 0 Å². The number of thiophene rings is 1. The zero-order chi connectivity index (χ0) is 51.6. The smallest absolute Gasteiger partial charge is 0.252 e. The van der Waals surface area contributed by atoms with Crippen LogP contribution in [-0.2, 0) is 27.1 Å². The fraction of sp³-hybridized carbons (Fsp3) is 0.382. The molecule has 4 heterocycles. The number of benzene rings is 7. The summed E-state index contributed by atoms with van der Waals surface area (Å²) < 4.78 is 2.67.